The molecule has 1 saturated heterocycles. The molecular formula is C15H18F3N. The van der Waals surface area contributed by atoms with E-state index in [-0.39, 0.29) is 0 Å². The number of nitrogens with one attached hydrogen (secondary N) is 1. The van der Waals surface area contributed by atoms with Crippen molar-refractivity contribution in [3.8, 4) is 0 Å². The molecule has 1 N–H and O–H groups in total. The maximum Gasteiger partial charge on any atom is 0.416 e. The van der Waals surface area contributed by atoms with Crippen molar-refractivity contribution in [1.82, 2.24) is 5.32 Å². The summed E-state index contributed by atoms with van der Waals surface area (Å²) in [6.07, 6.45) is 3.12. The zero-order valence-corrected chi connectivity index (χ0v) is 10.9. The Hall–Kier alpha value is -1.29. The van der Waals surface area contributed by atoms with Crippen LogP contribution in [0.1, 0.15) is 37.3 Å². The van der Waals surface area contributed by atoms with Gasteiger partial charge in [-0.2, -0.15) is 13.2 Å². The summed E-state index contributed by atoms with van der Waals surface area (Å²) in [5.74, 6) is 0. The number of hydrogen-bond acceptors (Lipinski definition) is 1. The minimum absolute atomic E-state index is 0.325. The van der Waals surface area contributed by atoms with Crippen LogP contribution in [-0.4, -0.2) is 12.1 Å². The van der Waals surface area contributed by atoms with Gasteiger partial charge in [0.05, 0.1) is 5.56 Å². The topological polar surface area (TPSA) is 12.0 Å². The van der Waals surface area contributed by atoms with E-state index < -0.39 is 11.7 Å². The minimum Gasteiger partial charge on any atom is -0.308 e. The SMILES string of the molecule is CC1CCCC(/C=C/c2ccc(C(F)(F)F)cc2)N1. The van der Waals surface area contributed by atoms with Crippen LogP contribution >= 0.6 is 0 Å². The van der Waals surface area contributed by atoms with Gasteiger partial charge >= 0.3 is 6.18 Å². The zero-order chi connectivity index (χ0) is 13.9. The Labute approximate surface area is 111 Å². The summed E-state index contributed by atoms with van der Waals surface area (Å²) in [5.41, 5.74) is 0.196. The van der Waals surface area contributed by atoms with Crippen LogP contribution in [0.4, 0.5) is 13.2 Å². The lowest BCUT2D eigenvalue weighted by atomic mass is 9.99. The van der Waals surface area contributed by atoms with E-state index in [4.69, 9.17) is 0 Å². The van der Waals surface area contributed by atoms with Gasteiger partial charge in [0, 0.05) is 12.1 Å². The van der Waals surface area contributed by atoms with Crippen LogP contribution in [0.3, 0.4) is 0 Å². The molecule has 2 unspecified atom stereocenters. The van der Waals surface area contributed by atoms with Gasteiger partial charge in [0.15, 0.2) is 0 Å². The second kappa shape index (κ2) is 5.78. The Balaban J connectivity index is 1.99. The van der Waals surface area contributed by atoms with Crippen molar-refractivity contribution in [2.24, 2.45) is 0 Å². The monoisotopic (exact) mass is 269 g/mol. The van der Waals surface area contributed by atoms with E-state index in [1.165, 1.54) is 25.0 Å². The quantitative estimate of drug-likeness (QED) is 0.846. The van der Waals surface area contributed by atoms with Crippen LogP contribution in [0, 0.1) is 0 Å². The molecule has 1 fully saturated rings. The number of hydrogen-bond donors (Lipinski definition) is 1. The van der Waals surface area contributed by atoms with Crippen LogP contribution in [0.2, 0.25) is 0 Å². The highest BCUT2D eigenvalue weighted by Crippen LogP contribution is 2.29. The molecule has 0 aromatic heterocycles. The van der Waals surface area contributed by atoms with Crippen molar-refractivity contribution in [3.05, 3.63) is 41.5 Å². The first-order valence-electron chi connectivity index (χ1n) is 6.56. The average Bonchev–Trinajstić information content (AvgIpc) is 2.36. The number of piperidine rings is 1. The third kappa shape index (κ3) is 4.10. The molecule has 2 rings (SSSR count). The Kier molecular flexibility index (Phi) is 4.30. The predicted octanol–water partition coefficient (Wildman–Crippen LogP) is 4.25. The smallest absolute Gasteiger partial charge is 0.308 e. The Morgan fingerprint density at radius 3 is 2.42 bits per heavy atom. The summed E-state index contributed by atoms with van der Waals surface area (Å²) < 4.78 is 37.2. The molecule has 2 atom stereocenters. The van der Waals surface area contributed by atoms with Crippen molar-refractivity contribution < 1.29 is 13.2 Å². The Bertz CT molecular complexity index is 434. The normalized spacial score (nSPS) is 24.8. The second-order valence-electron chi connectivity index (χ2n) is 5.08. The molecule has 1 nitrogen and oxygen atoms in total. The van der Waals surface area contributed by atoms with Gasteiger partial charge in [0.1, 0.15) is 0 Å². The molecule has 19 heavy (non-hydrogen) atoms. The van der Waals surface area contributed by atoms with Gasteiger partial charge in [-0.1, -0.05) is 30.7 Å². The molecule has 1 aliphatic rings. The van der Waals surface area contributed by atoms with E-state index in [0.717, 1.165) is 24.1 Å². The first kappa shape index (κ1) is 14.1. The molecule has 1 aliphatic heterocycles. The molecule has 1 aromatic carbocycles. The maximum absolute atomic E-state index is 12.4. The Morgan fingerprint density at radius 1 is 1.16 bits per heavy atom. The van der Waals surface area contributed by atoms with Crippen molar-refractivity contribution in [3.63, 3.8) is 0 Å². The average molecular weight is 269 g/mol. The van der Waals surface area contributed by atoms with Gasteiger partial charge < -0.3 is 5.32 Å². The van der Waals surface area contributed by atoms with Gasteiger partial charge in [-0.25, -0.2) is 0 Å². The molecule has 0 aliphatic carbocycles. The molecule has 1 heterocycles. The number of halogens is 3. The van der Waals surface area contributed by atoms with E-state index in [9.17, 15) is 13.2 Å². The van der Waals surface area contributed by atoms with Gasteiger partial charge in [0.2, 0.25) is 0 Å². The second-order valence-corrected chi connectivity index (χ2v) is 5.08. The maximum atomic E-state index is 12.4. The third-order valence-electron chi connectivity index (χ3n) is 3.41. The van der Waals surface area contributed by atoms with Crippen molar-refractivity contribution >= 4 is 6.08 Å². The lowest BCUT2D eigenvalue weighted by Crippen LogP contribution is -2.39. The third-order valence-corrected chi connectivity index (χ3v) is 3.41. The molecular weight excluding hydrogens is 251 g/mol. The van der Waals surface area contributed by atoms with E-state index >= 15 is 0 Å². The molecule has 0 bridgehead atoms. The molecule has 4 heteroatoms. The van der Waals surface area contributed by atoms with Gasteiger partial charge in [-0.3, -0.25) is 0 Å². The summed E-state index contributed by atoms with van der Waals surface area (Å²) in [5, 5.41) is 3.46. The van der Waals surface area contributed by atoms with Gasteiger partial charge in [-0.15, -0.1) is 0 Å². The van der Waals surface area contributed by atoms with Crippen LogP contribution in [0.5, 0.6) is 0 Å². The fourth-order valence-electron chi connectivity index (χ4n) is 2.34. The van der Waals surface area contributed by atoms with Gasteiger partial charge in [0.25, 0.3) is 0 Å². The summed E-state index contributed by atoms with van der Waals surface area (Å²) in [4.78, 5) is 0. The van der Waals surface area contributed by atoms with E-state index in [0.29, 0.717) is 12.1 Å². The number of benzene rings is 1. The van der Waals surface area contributed by atoms with Crippen LogP contribution < -0.4 is 5.32 Å². The van der Waals surface area contributed by atoms with E-state index in [1.54, 1.807) is 0 Å². The van der Waals surface area contributed by atoms with Crippen molar-refractivity contribution in [2.45, 2.75) is 44.4 Å². The summed E-state index contributed by atoms with van der Waals surface area (Å²) in [6, 6.07) is 6.09. The minimum atomic E-state index is -4.26. The number of alkyl halides is 3. The molecule has 1 aromatic rings. The fourth-order valence-corrected chi connectivity index (χ4v) is 2.34. The molecule has 0 saturated carbocycles. The highest BCUT2D eigenvalue weighted by atomic mass is 19.4. The molecule has 104 valence electrons. The van der Waals surface area contributed by atoms with Crippen molar-refractivity contribution in [1.29, 1.82) is 0 Å². The van der Waals surface area contributed by atoms with Crippen LogP contribution in [0.15, 0.2) is 30.3 Å². The number of rotatable bonds is 2. The summed E-state index contributed by atoms with van der Waals surface area (Å²) in [7, 11) is 0. The highest BCUT2D eigenvalue weighted by Gasteiger charge is 2.29. The first-order chi connectivity index (χ1) is 8.95. The molecule has 0 spiro atoms. The van der Waals surface area contributed by atoms with Crippen LogP contribution in [-0.2, 0) is 6.18 Å². The van der Waals surface area contributed by atoms with Gasteiger partial charge in [-0.05, 0) is 37.5 Å². The molecule has 0 radical (unpaired) electrons. The lowest BCUT2D eigenvalue weighted by molar-refractivity contribution is -0.137. The van der Waals surface area contributed by atoms with Crippen molar-refractivity contribution in [2.75, 3.05) is 0 Å². The summed E-state index contributed by atoms with van der Waals surface area (Å²) in [6.45, 7) is 2.15. The highest BCUT2D eigenvalue weighted by molar-refractivity contribution is 5.50. The fraction of sp³-hybridized carbons (Fsp3) is 0.467. The standard InChI is InChI=1S/C15H18F3N/c1-11-3-2-4-14(19-11)10-7-12-5-8-13(9-6-12)15(16,17)18/h5-11,14,19H,2-4H2,1H3/b10-7+. The van der Waals surface area contributed by atoms with E-state index in [2.05, 4.69) is 12.2 Å². The summed E-state index contributed by atoms with van der Waals surface area (Å²) >= 11 is 0. The van der Waals surface area contributed by atoms with Crippen LogP contribution in [0.25, 0.3) is 6.08 Å². The first-order valence-corrected chi connectivity index (χ1v) is 6.56. The zero-order valence-electron chi connectivity index (χ0n) is 10.9. The molecule has 0 amide bonds. The Morgan fingerprint density at radius 2 is 1.84 bits per heavy atom. The lowest BCUT2D eigenvalue weighted by Gasteiger charge is -2.26. The van der Waals surface area contributed by atoms with E-state index in [1.807, 2.05) is 12.2 Å². The largest absolute Gasteiger partial charge is 0.416 e. The predicted molar refractivity (Wildman–Crippen MR) is 70.7 cm³/mol.